The Labute approximate surface area is 158 Å². The van der Waals surface area contributed by atoms with E-state index in [0.717, 1.165) is 16.1 Å². The van der Waals surface area contributed by atoms with Crippen LogP contribution in [-0.2, 0) is 16.4 Å². The van der Waals surface area contributed by atoms with E-state index >= 15 is 0 Å². The average molecular weight is 423 g/mol. The lowest BCUT2D eigenvalue weighted by molar-refractivity contribution is 0.134. The van der Waals surface area contributed by atoms with Crippen LogP contribution in [0.3, 0.4) is 0 Å². The van der Waals surface area contributed by atoms with Crippen molar-refractivity contribution in [2.45, 2.75) is 30.3 Å². The zero-order valence-corrected chi connectivity index (χ0v) is 17.0. The molecular formula is C13H18N4O6S3. The summed E-state index contributed by atoms with van der Waals surface area (Å²) in [5, 5.41) is 5.75. The second-order valence-corrected chi connectivity index (χ2v) is 8.43. The van der Waals surface area contributed by atoms with Gasteiger partial charge in [-0.1, -0.05) is 25.6 Å². The van der Waals surface area contributed by atoms with Gasteiger partial charge in [-0.05, 0) is 23.1 Å². The highest BCUT2D eigenvalue weighted by atomic mass is 32.2. The van der Waals surface area contributed by atoms with Crippen LogP contribution in [0.2, 0.25) is 0 Å². The van der Waals surface area contributed by atoms with E-state index in [1.165, 1.54) is 26.0 Å². The number of thioether (sulfide) groups is 1. The first-order valence-electron chi connectivity index (χ1n) is 7.41. The van der Waals surface area contributed by atoms with Crippen molar-refractivity contribution in [3.63, 3.8) is 0 Å². The summed E-state index contributed by atoms with van der Waals surface area (Å²) in [7, 11) is -1.68. The number of nitrogens with zero attached hydrogens (tertiary/aromatic N) is 3. The van der Waals surface area contributed by atoms with Crippen LogP contribution in [0, 0.1) is 0 Å². The average Bonchev–Trinajstić information content (AvgIpc) is 3.16. The number of nitrogens with one attached hydrogen (secondary N) is 1. The van der Waals surface area contributed by atoms with E-state index in [0.29, 0.717) is 22.4 Å². The van der Waals surface area contributed by atoms with Crippen LogP contribution in [0.5, 0.6) is 5.06 Å². The minimum absolute atomic E-state index is 0.122. The van der Waals surface area contributed by atoms with Crippen LogP contribution in [-0.4, -0.2) is 48.9 Å². The number of rotatable bonds is 7. The number of aryl methyl sites for hydroxylation is 1. The number of carbonyl (C=O) groups is 1. The number of hydrogen-bond acceptors (Lipinski definition) is 9. The highest BCUT2D eigenvalue weighted by Crippen LogP contribution is 2.34. The fourth-order valence-electron chi connectivity index (χ4n) is 2.08. The third-order valence-electron chi connectivity index (χ3n) is 3.20. The molecule has 0 radical (unpaired) electrons. The van der Waals surface area contributed by atoms with Crippen LogP contribution >= 0.6 is 23.1 Å². The highest BCUT2D eigenvalue weighted by Gasteiger charge is 2.29. The third-order valence-corrected chi connectivity index (χ3v) is 6.54. The quantitative estimate of drug-likeness (QED) is 0.650. The number of thiophene rings is 1. The van der Waals surface area contributed by atoms with Gasteiger partial charge in [0.25, 0.3) is 10.0 Å². The Morgan fingerprint density at radius 1 is 1.38 bits per heavy atom. The lowest BCUT2D eigenvalue weighted by Gasteiger charge is -2.08. The molecule has 0 saturated carbocycles. The lowest BCUT2D eigenvalue weighted by Crippen LogP contribution is -2.41. The molecule has 1 amide bonds. The monoisotopic (exact) mass is 422 g/mol. The molecule has 0 unspecified atom stereocenters. The maximum atomic E-state index is 12.6. The summed E-state index contributed by atoms with van der Waals surface area (Å²) in [4.78, 5) is 29.3. The van der Waals surface area contributed by atoms with Crippen LogP contribution in [0.15, 0.2) is 20.2 Å². The highest BCUT2D eigenvalue weighted by molar-refractivity contribution is 7.99. The second-order valence-electron chi connectivity index (χ2n) is 4.73. The molecule has 0 aromatic carbocycles. The van der Waals surface area contributed by atoms with E-state index in [1.54, 1.807) is 12.3 Å². The lowest BCUT2D eigenvalue weighted by atomic mass is 10.3. The van der Waals surface area contributed by atoms with Gasteiger partial charge < -0.3 is 9.57 Å². The third kappa shape index (κ3) is 3.73. The summed E-state index contributed by atoms with van der Waals surface area (Å²) in [6.45, 7) is 3.61. The van der Waals surface area contributed by atoms with Gasteiger partial charge >= 0.3 is 11.7 Å². The molecule has 2 aromatic heterocycles. The van der Waals surface area contributed by atoms with E-state index in [1.807, 2.05) is 11.6 Å². The molecule has 2 heterocycles. The summed E-state index contributed by atoms with van der Waals surface area (Å²) in [5.41, 5.74) is -0.409. The molecule has 10 nitrogen and oxygen atoms in total. The molecule has 2 rings (SSSR count). The number of sulfonamides is 1. The van der Waals surface area contributed by atoms with Crippen LogP contribution in [0.1, 0.15) is 19.4 Å². The summed E-state index contributed by atoms with van der Waals surface area (Å²) in [6, 6.07) is -1.21. The fourth-order valence-corrected chi connectivity index (χ4v) is 5.43. The molecule has 0 bridgehead atoms. The molecular weight excluding hydrogens is 404 g/mol. The summed E-state index contributed by atoms with van der Waals surface area (Å²) in [5.74, 6) is 0.575. The number of aromatic nitrogens is 3. The molecule has 0 aliphatic carbocycles. The predicted molar refractivity (Wildman–Crippen MR) is 96.8 cm³/mol. The van der Waals surface area contributed by atoms with E-state index in [4.69, 9.17) is 9.57 Å². The minimum Gasteiger partial charge on any atom is -0.486 e. The molecule has 0 aliphatic heterocycles. The van der Waals surface area contributed by atoms with Crippen molar-refractivity contribution >= 4 is 39.2 Å². The van der Waals surface area contributed by atoms with Crippen molar-refractivity contribution in [3.05, 3.63) is 21.4 Å². The topological polar surface area (TPSA) is 122 Å². The fraction of sp³-hybridized carbons (Fsp3) is 0.462. The molecule has 0 saturated heterocycles. The van der Waals surface area contributed by atoms with Gasteiger partial charge in [0.1, 0.15) is 12.0 Å². The first-order chi connectivity index (χ1) is 12.3. The van der Waals surface area contributed by atoms with Crippen molar-refractivity contribution in [2.24, 2.45) is 0 Å². The molecule has 144 valence electrons. The molecule has 0 aliphatic rings. The predicted octanol–water partition coefficient (Wildman–Crippen LogP) is 0.794. The molecule has 2 aromatic rings. The molecule has 0 spiro atoms. The standard InChI is InChI=1S/C13H18N4O6S3/c1-5-8-7-25-10(22-3)9(8)26(20,21)15-11(18)16-13(19)17(23-4)12(14-16)24-6-2/h7H,5-6H2,1-4H3,(H,15,18). The van der Waals surface area contributed by atoms with E-state index < -0.39 is 21.7 Å². The zero-order valence-electron chi connectivity index (χ0n) is 14.5. The van der Waals surface area contributed by atoms with Crippen LogP contribution in [0.25, 0.3) is 0 Å². The molecule has 0 fully saturated rings. The Morgan fingerprint density at radius 3 is 2.62 bits per heavy atom. The first kappa shape index (κ1) is 20.3. The summed E-state index contributed by atoms with van der Waals surface area (Å²) < 4.78 is 33.4. The largest absolute Gasteiger partial charge is 0.486 e. The van der Waals surface area contributed by atoms with Crippen molar-refractivity contribution in [2.75, 3.05) is 20.0 Å². The smallest absolute Gasteiger partial charge is 0.388 e. The molecule has 26 heavy (non-hydrogen) atoms. The number of hydrogen-bond donors (Lipinski definition) is 1. The van der Waals surface area contributed by atoms with Gasteiger partial charge in [-0.3, -0.25) is 0 Å². The van der Waals surface area contributed by atoms with Gasteiger partial charge in [-0.15, -0.1) is 25.8 Å². The zero-order chi connectivity index (χ0) is 19.5. The Bertz CT molecular complexity index is 938. The molecule has 1 N–H and O–H groups in total. The maximum absolute atomic E-state index is 12.6. The first-order valence-corrected chi connectivity index (χ1v) is 10.8. The Morgan fingerprint density at radius 2 is 2.08 bits per heavy atom. The Hall–Kier alpha value is -1.99. The van der Waals surface area contributed by atoms with Crippen LogP contribution in [0.4, 0.5) is 4.79 Å². The van der Waals surface area contributed by atoms with Gasteiger partial charge in [-0.25, -0.2) is 22.7 Å². The molecule has 0 atom stereocenters. The molecule has 13 heteroatoms. The summed E-state index contributed by atoms with van der Waals surface area (Å²) in [6.07, 6.45) is 0.430. The van der Waals surface area contributed by atoms with E-state index in [-0.39, 0.29) is 15.1 Å². The summed E-state index contributed by atoms with van der Waals surface area (Å²) >= 11 is 2.27. The van der Waals surface area contributed by atoms with Gasteiger partial charge in [0.05, 0.1) is 7.11 Å². The number of ether oxygens (including phenoxy) is 1. The van der Waals surface area contributed by atoms with Crippen molar-refractivity contribution in [1.29, 1.82) is 0 Å². The SMILES string of the molecule is CCSc1nn(C(=O)NS(=O)(=O)c2c(CC)csc2OC)c(=O)n1OC. The van der Waals surface area contributed by atoms with E-state index in [9.17, 15) is 18.0 Å². The van der Waals surface area contributed by atoms with Gasteiger partial charge in [0, 0.05) is 0 Å². The van der Waals surface area contributed by atoms with Crippen molar-refractivity contribution < 1.29 is 22.8 Å². The Kier molecular flexibility index (Phi) is 6.36. The van der Waals surface area contributed by atoms with Crippen molar-refractivity contribution in [3.8, 4) is 5.06 Å². The number of amides is 1. The minimum atomic E-state index is -4.26. The maximum Gasteiger partial charge on any atom is 0.388 e. The second kappa shape index (κ2) is 8.14. The van der Waals surface area contributed by atoms with Gasteiger partial charge in [0.2, 0.25) is 5.16 Å². The number of methoxy groups -OCH3 is 1. The van der Waals surface area contributed by atoms with Crippen LogP contribution < -0.4 is 20.0 Å². The van der Waals surface area contributed by atoms with Gasteiger partial charge in [-0.2, -0.15) is 0 Å². The normalized spacial score (nSPS) is 11.4. The van der Waals surface area contributed by atoms with E-state index in [2.05, 4.69) is 5.10 Å². The Balaban J connectivity index is 2.41. The van der Waals surface area contributed by atoms with Gasteiger partial charge in [0.15, 0.2) is 5.06 Å². The number of carbonyl (C=O) groups excluding carboxylic acids is 1. The van der Waals surface area contributed by atoms with Crippen molar-refractivity contribution in [1.82, 2.24) is 19.2 Å².